The molecule has 0 radical (unpaired) electrons. The van der Waals surface area contributed by atoms with Crippen LogP contribution in [0.5, 0.6) is 5.75 Å². The molecule has 2 rings (SSSR count). The number of cyclic esters (lactones) is 1. The van der Waals surface area contributed by atoms with Gasteiger partial charge in [-0.2, -0.15) is 17.0 Å². The van der Waals surface area contributed by atoms with Crippen LogP contribution in [0.4, 0.5) is 4.79 Å². The van der Waals surface area contributed by atoms with E-state index in [0.717, 1.165) is 4.31 Å². The van der Waals surface area contributed by atoms with E-state index in [0.29, 0.717) is 15.6 Å². The molecule has 0 aromatic heterocycles. The average molecular weight is 358 g/mol. The van der Waals surface area contributed by atoms with E-state index in [1.165, 1.54) is 7.11 Å². The van der Waals surface area contributed by atoms with Crippen LogP contribution < -0.4 is 4.74 Å². The molecule has 1 unspecified atom stereocenters. The van der Waals surface area contributed by atoms with Crippen LogP contribution in [0.25, 0.3) is 0 Å². The number of nitrogens with zero attached hydrogens (tertiary/aromatic N) is 2. The molecular weight excluding hydrogens is 340 g/mol. The molecule has 1 aromatic carbocycles. The topological polar surface area (TPSA) is 113 Å². The number of benzene rings is 1. The quantitative estimate of drug-likeness (QED) is 0.768. The maximum atomic E-state index is 12.7. The predicted octanol–water partition coefficient (Wildman–Crippen LogP) is 0.840. The minimum atomic E-state index is -4.33. The summed E-state index contributed by atoms with van der Waals surface area (Å²) in [6.45, 7) is 0.561. The third-order valence-electron chi connectivity index (χ3n) is 3.62. The van der Waals surface area contributed by atoms with E-state index in [1.54, 1.807) is 31.2 Å². The summed E-state index contributed by atoms with van der Waals surface area (Å²) in [4.78, 5) is 22.7. The van der Waals surface area contributed by atoms with Gasteiger partial charge in [-0.3, -0.25) is 4.79 Å². The first-order valence-corrected chi connectivity index (χ1v) is 8.49. The van der Waals surface area contributed by atoms with E-state index in [9.17, 15) is 18.0 Å². The number of aliphatic carboxylic acids is 1. The second kappa shape index (κ2) is 7.05. The Hall–Kier alpha value is -2.33. The van der Waals surface area contributed by atoms with Crippen molar-refractivity contribution in [3.8, 4) is 5.75 Å². The molecule has 9 nitrogen and oxygen atoms in total. The van der Waals surface area contributed by atoms with Gasteiger partial charge in [-0.25, -0.2) is 4.79 Å². The predicted molar refractivity (Wildman–Crippen MR) is 82.7 cm³/mol. The van der Waals surface area contributed by atoms with Crippen LogP contribution >= 0.6 is 0 Å². The Morgan fingerprint density at radius 1 is 1.42 bits per heavy atom. The van der Waals surface area contributed by atoms with Crippen molar-refractivity contribution < 1.29 is 32.6 Å². The normalized spacial score (nSPS) is 16.1. The minimum absolute atomic E-state index is 0.0596. The highest BCUT2D eigenvalue weighted by molar-refractivity contribution is 7.87. The Morgan fingerprint density at radius 2 is 2.04 bits per heavy atom. The van der Waals surface area contributed by atoms with Crippen LogP contribution in [0.2, 0.25) is 0 Å². The fourth-order valence-corrected chi connectivity index (χ4v) is 3.91. The molecule has 1 saturated heterocycles. The number of carbonyl (C=O) groups excluding carboxylic acids is 1. The molecular formula is C14H18N2O7S. The van der Waals surface area contributed by atoms with E-state index in [1.807, 2.05) is 0 Å². The van der Waals surface area contributed by atoms with Gasteiger partial charge in [0, 0.05) is 6.04 Å². The largest absolute Gasteiger partial charge is 0.497 e. The van der Waals surface area contributed by atoms with Gasteiger partial charge in [0.2, 0.25) is 0 Å². The van der Waals surface area contributed by atoms with E-state index >= 15 is 0 Å². The number of carbonyl (C=O) groups is 2. The summed E-state index contributed by atoms with van der Waals surface area (Å²) in [5.74, 6) is -0.742. The molecule has 1 heterocycles. The fraction of sp³-hybridized carbons (Fsp3) is 0.429. The lowest BCUT2D eigenvalue weighted by molar-refractivity contribution is -0.137. The maximum absolute atomic E-state index is 12.7. The lowest BCUT2D eigenvalue weighted by Gasteiger charge is -2.29. The van der Waals surface area contributed by atoms with Gasteiger partial charge in [-0.05, 0) is 24.6 Å². The fourth-order valence-electron chi connectivity index (χ4n) is 2.32. The van der Waals surface area contributed by atoms with Crippen LogP contribution in [-0.2, 0) is 19.7 Å². The molecule has 1 aromatic rings. The molecule has 1 atom stereocenters. The first-order chi connectivity index (χ1) is 11.3. The van der Waals surface area contributed by atoms with Crippen molar-refractivity contribution in [2.24, 2.45) is 0 Å². The van der Waals surface area contributed by atoms with E-state index in [-0.39, 0.29) is 13.2 Å². The number of hydrogen-bond acceptors (Lipinski definition) is 6. The molecule has 1 aliphatic heterocycles. The lowest BCUT2D eigenvalue weighted by atomic mass is 10.1. The molecule has 1 amide bonds. The van der Waals surface area contributed by atoms with Crippen molar-refractivity contribution in [2.45, 2.75) is 13.0 Å². The summed E-state index contributed by atoms with van der Waals surface area (Å²) in [5.41, 5.74) is 0.563. The van der Waals surface area contributed by atoms with Crippen LogP contribution in [0.3, 0.4) is 0 Å². The average Bonchev–Trinajstić information content (AvgIpc) is 2.98. The van der Waals surface area contributed by atoms with Gasteiger partial charge in [0.25, 0.3) is 0 Å². The molecule has 0 saturated carbocycles. The van der Waals surface area contributed by atoms with Crippen LogP contribution in [0, 0.1) is 0 Å². The highest BCUT2D eigenvalue weighted by Gasteiger charge is 2.41. The Labute approximate surface area is 139 Å². The van der Waals surface area contributed by atoms with E-state index in [4.69, 9.17) is 9.84 Å². The van der Waals surface area contributed by atoms with Crippen molar-refractivity contribution >= 4 is 22.3 Å². The van der Waals surface area contributed by atoms with Crippen LogP contribution in [-0.4, -0.2) is 61.0 Å². The molecule has 132 valence electrons. The highest BCUT2D eigenvalue weighted by Crippen LogP contribution is 2.27. The van der Waals surface area contributed by atoms with Crippen LogP contribution in [0.15, 0.2) is 24.3 Å². The molecule has 1 N–H and O–H groups in total. The Morgan fingerprint density at radius 3 is 2.50 bits per heavy atom. The van der Waals surface area contributed by atoms with E-state index in [2.05, 4.69) is 4.74 Å². The molecule has 24 heavy (non-hydrogen) atoms. The van der Waals surface area contributed by atoms with Gasteiger partial charge in [0.15, 0.2) is 0 Å². The first-order valence-electron chi connectivity index (χ1n) is 7.09. The third kappa shape index (κ3) is 3.60. The summed E-state index contributed by atoms with van der Waals surface area (Å²) in [6.07, 6.45) is -1.01. The zero-order chi connectivity index (χ0) is 17.9. The second-order valence-electron chi connectivity index (χ2n) is 5.08. The summed E-state index contributed by atoms with van der Waals surface area (Å²) in [6, 6.07) is 5.75. The van der Waals surface area contributed by atoms with Gasteiger partial charge >= 0.3 is 22.3 Å². The lowest BCUT2D eigenvalue weighted by Crippen LogP contribution is -2.47. The van der Waals surface area contributed by atoms with Gasteiger partial charge in [0.05, 0.1) is 13.7 Å². The Kier molecular flexibility index (Phi) is 5.30. The number of hydrogen-bond donors (Lipinski definition) is 1. The highest BCUT2D eigenvalue weighted by atomic mass is 32.2. The summed E-state index contributed by atoms with van der Waals surface area (Å²) in [5, 5.41) is 9.07. The van der Waals surface area contributed by atoms with Gasteiger partial charge in [-0.15, -0.1) is 0 Å². The van der Waals surface area contributed by atoms with Crippen LogP contribution in [0.1, 0.15) is 18.5 Å². The number of carboxylic acids is 1. The van der Waals surface area contributed by atoms with Crippen molar-refractivity contribution in [1.29, 1.82) is 0 Å². The van der Waals surface area contributed by atoms with E-state index < -0.39 is 34.9 Å². The second-order valence-corrected chi connectivity index (χ2v) is 6.89. The molecule has 0 bridgehead atoms. The SMILES string of the molecule is COc1ccc(C(C)N(CC(=O)O)S(=O)(=O)N2CCOC2=O)cc1. The number of rotatable bonds is 7. The molecule has 0 spiro atoms. The third-order valence-corrected chi connectivity index (χ3v) is 5.55. The Balaban J connectivity index is 2.36. The number of methoxy groups -OCH3 is 1. The van der Waals surface area contributed by atoms with Crippen molar-refractivity contribution in [3.63, 3.8) is 0 Å². The summed E-state index contributed by atoms with van der Waals surface area (Å²) >= 11 is 0. The zero-order valence-electron chi connectivity index (χ0n) is 13.2. The summed E-state index contributed by atoms with van der Waals surface area (Å²) < 4.78 is 36.3. The maximum Gasteiger partial charge on any atom is 0.424 e. The number of carboxylic acid groups (broad SMARTS) is 1. The van der Waals surface area contributed by atoms with Gasteiger partial charge in [-0.1, -0.05) is 12.1 Å². The zero-order valence-corrected chi connectivity index (χ0v) is 14.0. The monoisotopic (exact) mass is 358 g/mol. The van der Waals surface area contributed by atoms with Crippen molar-refractivity contribution in [2.75, 3.05) is 26.8 Å². The van der Waals surface area contributed by atoms with Crippen molar-refractivity contribution in [1.82, 2.24) is 8.61 Å². The molecule has 1 aliphatic rings. The Bertz CT molecular complexity index is 717. The minimum Gasteiger partial charge on any atom is -0.497 e. The van der Waals surface area contributed by atoms with Gasteiger partial charge in [0.1, 0.15) is 18.9 Å². The number of amides is 1. The van der Waals surface area contributed by atoms with Crippen molar-refractivity contribution in [3.05, 3.63) is 29.8 Å². The number of ether oxygens (including phenoxy) is 2. The van der Waals surface area contributed by atoms with Gasteiger partial charge < -0.3 is 14.6 Å². The molecule has 1 fully saturated rings. The molecule has 10 heteroatoms. The first kappa shape index (κ1) is 18.0. The summed E-state index contributed by atoms with van der Waals surface area (Å²) in [7, 11) is -2.83. The molecule has 0 aliphatic carbocycles. The smallest absolute Gasteiger partial charge is 0.424 e. The standard InChI is InChI=1S/C14H18N2O7S/c1-10(11-3-5-12(22-2)6-4-11)16(9-13(17)18)24(20,21)15-7-8-23-14(15)19/h3-6,10H,7-9H2,1-2H3,(H,17,18).